The van der Waals surface area contributed by atoms with E-state index in [1.165, 1.54) is 0 Å². The third kappa shape index (κ3) is 6.09. The SMILES string of the molecule is CCO[P+](=O)Cc1cc(C(C)(C)C)c(O)c(C(C)(C)C)c1.[Ca+2].[H-].[H-]. The number of phenols is 1. The van der Waals surface area contributed by atoms with Crippen LogP contribution in [0.1, 0.15) is 68.0 Å². The van der Waals surface area contributed by atoms with Crippen LogP contribution in [0.3, 0.4) is 0 Å². The van der Waals surface area contributed by atoms with Gasteiger partial charge in [0.1, 0.15) is 5.75 Å². The summed E-state index contributed by atoms with van der Waals surface area (Å²) in [5.74, 6) is 0.352. The van der Waals surface area contributed by atoms with Gasteiger partial charge in [-0.3, -0.25) is 0 Å². The van der Waals surface area contributed by atoms with Crippen LogP contribution in [0, 0.1) is 0 Å². The summed E-state index contributed by atoms with van der Waals surface area (Å²) in [5.41, 5.74) is 2.40. The molecule has 1 atom stereocenters. The van der Waals surface area contributed by atoms with Crippen LogP contribution >= 0.6 is 8.03 Å². The van der Waals surface area contributed by atoms with E-state index in [-0.39, 0.29) is 51.4 Å². The second kappa shape index (κ2) is 8.44. The summed E-state index contributed by atoms with van der Waals surface area (Å²) in [6, 6.07) is 3.91. The van der Waals surface area contributed by atoms with Gasteiger partial charge in [-0.15, -0.1) is 4.52 Å². The van der Waals surface area contributed by atoms with Crippen LogP contribution < -0.4 is 0 Å². The molecular weight excluding hydrogens is 323 g/mol. The second-order valence-corrected chi connectivity index (χ2v) is 8.69. The Kier molecular flexibility index (Phi) is 8.57. The Morgan fingerprint density at radius 1 is 1.09 bits per heavy atom. The fourth-order valence-corrected chi connectivity index (χ4v) is 3.13. The zero-order valence-electron chi connectivity index (χ0n) is 17.0. The molecule has 0 fully saturated rings. The molecule has 0 aliphatic rings. The molecule has 5 heteroatoms. The van der Waals surface area contributed by atoms with Gasteiger partial charge in [0, 0.05) is 5.56 Å². The number of phenolic OH excluding ortho intramolecular Hbond substituents is 1. The first-order valence-electron chi connectivity index (χ1n) is 7.41. The molecule has 1 aromatic carbocycles. The first kappa shape index (κ1) is 22.3. The molecule has 0 aromatic heterocycles. The van der Waals surface area contributed by atoms with Crippen LogP contribution in [0.5, 0.6) is 5.75 Å². The largest absolute Gasteiger partial charge is 2.00 e. The molecule has 0 heterocycles. The molecular formula is C17H30CaO3P+. The topological polar surface area (TPSA) is 46.5 Å². The van der Waals surface area contributed by atoms with E-state index in [9.17, 15) is 9.67 Å². The van der Waals surface area contributed by atoms with E-state index in [2.05, 4.69) is 41.5 Å². The molecule has 0 aliphatic heterocycles. The van der Waals surface area contributed by atoms with E-state index in [1.807, 2.05) is 19.1 Å². The minimum atomic E-state index is -1.69. The fourth-order valence-electron chi connectivity index (χ4n) is 2.27. The maximum Gasteiger partial charge on any atom is 2.00 e. The molecule has 0 saturated heterocycles. The third-order valence-electron chi connectivity index (χ3n) is 3.37. The Bertz CT molecular complexity index is 503. The predicted octanol–water partition coefficient (Wildman–Crippen LogP) is 5.11. The first-order chi connectivity index (χ1) is 9.46. The van der Waals surface area contributed by atoms with Crippen molar-refractivity contribution in [1.29, 1.82) is 0 Å². The van der Waals surface area contributed by atoms with Crippen molar-refractivity contribution in [2.45, 2.75) is 65.5 Å². The van der Waals surface area contributed by atoms with E-state index in [1.54, 1.807) is 0 Å². The van der Waals surface area contributed by atoms with E-state index in [0.29, 0.717) is 18.5 Å². The van der Waals surface area contributed by atoms with Gasteiger partial charge in [0.05, 0.1) is 6.61 Å². The molecule has 0 bridgehead atoms. The molecule has 3 nitrogen and oxygen atoms in total. The Morgan fingerprint density at radius 3 is 1.82 bits per heavy atom. The van der Waals surface area contributed by atoms with Crippen LogP contribution in [0.4, 0.5) is 0 Å². The van der Waals surface area contributed by atoms with Gasteiger partial charge in [-0.1, -0.05) is 41.5 Å². The quantitative estimate of drug-likeness (QED) is 0.604. The van der Waals surface area contributed by atoms with Gasteiger partial charge < -0.3 is 7.96 Å². The number of benzene rings is 1. The van der Waals surface area contributed by atoms with Gasteiger partial charge in [0.25, 0.3) is 0 Å². The summed E-state index contributed by atoms with van der Waals surface area (Å²) in [4.78, 5) is 0. The van der Waals surface area contributed by atoms with Crippen LogP contribution in [0.2, 0.25) is 0 Å². The molecule has 22 heavy (non-hydrogen) atoms. The Morgan fingerprint density at radius 2 is 1.50 bits per heavy atom. The van der Waals surface area contributed by atoms with E-state index in [0.717, 1.165) is 16.7 Å². The molecule has 1 aromatic rings. The summed E-state index contributed by atoms with van der Waals surface area (Å²) in [6.45, 7) is 14.7. The smallest absolute Gasteiger partial charge is 1.00 e. The fraction of sp³-hybridized carbons (Fsp3) is 0.647. The Balaban J connectivity index is -0.00000147. The van der Waals surface area contributed by atoms with Gasteiger partial charge in [-0.25, -0.2) is 0 Å². The van der Waals surface area contributed by atoms with Crippen molar-refractivity contribution >= 4 is 45.8 Å². The number of rotatable bonds is 4. The first-order valence-corrected chi connectivity index (χ1v) is 8.77. The summed E-state index contributed by atoms with van der Waals surface area (Å²) < 4.78 is 17.1. The molecule has 122 valence electrons. The molecule has 0 radical (unpaired) electrons. The zero-order chi connectivity index (χ0) is 16.4. The van der Waals surface area contributed by atoms with Crippen molar-refractivity contribution in [1.82, 2.24) is 0 Å². The molecule has 0 saturated carbocycles. The number of aromatic hydroxyl groups is 1. The maximum atomic E-state index is 11.9. The van der Waals surface area contributed by atoms with E-state index >= 15 is 0 Å². The molecule has 0 spiro atoms. The average molecular weight is 353 g/mol. The van der Waals surface area contributed by atoms with Gasteiger partial charge in [0.2, 0.25) is 6.16 Å². The standard InChI is InChI=1S/C17H27O3P.Ca.2H/c1-8-20-21(19)11-12-9-13(16(2,3)4)15(18)14(10-12)17(5,6)7;;;/h9-10H,8,11H2,1-7H3;;;/q;+2;2*-1/p+1. The summed E-state index contributed by atoms with van der Waals surface area (Å²) >= 11 is 0. The zero-order valence-corrected chi connectivity index (χ0v) is 18.1. The Labute approximate surface area is 168 Å². The van der Waals surface area contributed by atoms with Gasteiger partial charge in [0.15, 0.2) is 0 Å². The molecule has 0 aliphatic carbocycles. The van der Waals surface area contributed by atoms with Gasteiger partial charge in [-0.2, -0.15) is 0 Å². The van der Waals surface area contributed by atoms with Crippen LogP contribution in [0.25, 0.3) is 0 Å². The molecule has 1 rings (SSSR count). The third-order valence-corrected chi connectivity index (χ3v) is 4.54. The van der Waals surface area contributed by atoms with E-state index < -0.39 is 8.03 Å². The van der Waals surface area contributed by atoms with Crippen molar-refractivity contribution in [2.24, 2.45) is 0 Å². The maximum absolute atomic E-state index is 11.9. The Hall–Kier alpha value is 0.340. The van der Waals surface area contributed by atoms with Crippen molar-refractivity contribution < 1.29 is 17.0 Å². The normalized spacial score (nSPS) is 12.8. The van der Waals surface area contributed by atoms with Crippen molar-refractivity contribution in [2.75, 3.05) is 6.61 Å². The predicted molar refractivity (Wildman–Crippen MR) is 96.4 cm³/mol. The summed E-state index contributed by atoms with van der Waals surface area (Å²) in [6.07, 6.45) is 0.385. The van der Waals surface area contributed by atoms with Crippen molar-refractivity contribution in [3.05, 3.63) is 28.8 Å². The van der Waals surface area contributed by atoms with Gasteiger partial charge >= 0.3 is 45.8 Å². The van der Waals surface area contributed by atoms with Crippen molar-refractivity contribution in [3.8, 4) is 5.75 Å². The average Bonchev–Trinajstić information content (AvgIpc) is 2.28. The van der Waals surface area contributed by atoms with Crippen LogP contribution in [-0.2, 0) is 26.1 Å². The van der Waals surface area contributed by atoms with Crippen LogP contribution in [0.15, 0.2) is 12.1 Å². The van der Waals surface area contributed by atoms with E-state index in [4.69, 9.17) is 4.52 Å². The minimum Gasteiger partial charge on any atom is -1.00 e. The minimum absolute atomic E-state index is 0. The monoisotopic (exact) mass is 353 g/mol. The number of hydrogen-bond donors (Lipinski definition) is 1. The second-order valence-electron chi connectivity index (χ2n) is 7.45. The summed E-state index contributed by atoms with van der Waals surface area (Å²) in [7, 11) is -1.69. The molecule has 1 unspecified atom stereocenters. The van der Waals surface area contributed by atoms with Crippen molar-refractivity contribution in [3.63, 3.8) is 0 Å². The summed E-state index contributed by atoms with van der Waals surface area (Å²) in [5, 5.41) is 10.6. The van der Waals surface area contributed by atoms with Gasteiger partial charge in [-0.05, 0) is 45.6 Å². The molecule has 1 N–H and O–H groups in total. The molecule has 0 amide bonds. The number of hydrogen-bond acceptors (Lipinski definition) is 3. The van der Waals surface area contributed by atoms with Crippen LogP contribution in [-0.4, -0.2) is 49.5 Å².